The molecule has 5 rings (SSSR count). The van der Waals surface area contributed by atoms with E-state index in [-0.39, 0.29) is 41.6 Å². The molecule has 0 spiro atoms. The summed E-state index contributed by atoms with van der Waals surface area (Å²) in [5.41, 5.74) is -0.603. The van der Waals surface area contributed by atoms with Crippen molar-refractivity contribution in [1.82, 2.24) is 33.6 Å². The van der Waals surface area contributed by atoms with Crippen molar-refractivity contribution in [1.29, 1.82) is 0 Å². The number of alkyl halides is 3. The average Bonchev–Trinajstić information content (AvgIpc) is 3.67. The van der Waals surface area contributed by atoms with E-state index in [4.69, 9.17) is 4.52 Å². The Balaban J connectivity index is 1.47. The maximum atomic E-state index is 13.8. The number of nitrogens with zero attached hydrogens (tertiary/aromatic N) is 9. The Bertz CT molecular complexity index is 1810. The van der Waals surface area contributed by atoms with Gasteiger partial charge in [0.15, 0.2) is 11.2 Å². The van der Waals surface area contributed by atoms with Gasteiger partial charge in [-0.3, -0.25) is 28.1 Å². The van der Waals surface area contributed by atoms with Crippen molar-refractivity contribution in [2.45, 2.75) is 38.0 Å². The summed E-state index contributed by atoms with van der Waals surface area (Å²) in [5.74, 6) is -0.735. The quantitative estimate of drug-likeness (QED) is 0.212. The van der Waals surface area contributed by atoms with E-state index in [2.05, 4.69) is 19.9 Å². The molecule has 4 aromatic rings. The van der Waals surface area contributed by atoms with Gasteiger partial charge >= 0.3 is 20.5 Å². The van der Waals surface area contributed by atoms with Crippen LogP contribution in [0.15, 0.2) is 46.5 Å². The largest absolute Gasteiger partial charge is 0.408 e. The van der Waals surface area contributed by atoms with Crippen molar-refractivity contribution >= 4 is 37.4 Å². The lowest BCUT2D eigenvalue weighted by Crippen LogP contribution is -2.42. The van der Waals surface area contributed by atoms with Crippen LogP contribution in [0.3, 0.4) is 0 Å². The molecule has 0 saturated carbocycles. The third kappa shape index (κ3) is 5.80. The number of fused-ring (bicyclic) bond motifs is 1. The lowest BCUT2D eigenvalue weighted by Gasteiger charge is -2.26. The second-order valence-corrected chi connectivity index (χ2v) is 10.8. The fraction of sp³-hybridized carbons (Fsp3) is 0.400. The standard InChI is InChI=1S/C25H27F3N9O6P/c1-14(36-12-31-20-19(36)22(39)34(3)24(40)33(20)2)21(38)37(13-43-44(41)42)18-8-4-6-16(32-18)15-10-29-23(30-11-15)35-9-5-7-17(35)25(26,27)28/h4,6,8,10-12,14,17,41-42H,5,7,9,13H2,1-3H3/t14-,17-/m0/s1. The minimum Gasteiger partial charge on any atom is -0.329 e. The van der Waals surface area contributed by atoms with Gasteiger partial charge in [-0.1, -0.05) is 6.07 Å². The van der Waals surface area contributed by atoms with Crippen molar-refractivity contribution in [3.8, 4) is 11.3 Å². The molecule has 234 valence electrons. The van der Waals surface area contributed by atoms with E-state index in [0.29, 0.717) is 12.0 Å². The van der Waals surface area contributed by atoms with Crippen molar-refractivity contribution < 1.29 is 32.3 Å². The summed E-state index contributed by atoms with van der Waals surface area (Å²) >= 11 is 0. The topological polar surface area (TPSA) is 174 Å². The first-order valence-corrected chi connectivity index (χ1v) is 14.3. The number of hydrogen-bond acceptors (Lipinski definition) is 11. The normalized spacial score (nSPS) is 16.2. The summed E-state index contributed by atoms with van der Waals surface area (Å²) < 4.78 is 48.5. The van der Waals surface area contributed by atoms with Gasteiger partial charge in [-0.2, -0.15) is 13.2 Å². The first kappa shape index (κ1) is 31.2. The van der Waals surface area contributed by atoms with Gasteiger partial charge in [0.1, 0.15) is 24.6 Å². The summed E-state index contributed by atoms with van der Waals surface area (Å²) in [6, 6.07) is 1.80. The van der Waals surface area contributed by atoms with Crippen LogP contribution in [-0.4, -0.2) is 74.8 Å². The molecular weight excluding hydrogens is 610 g/mol. The highest BCUT2D eigenvalue weighted by atomic mass is 31.2. The van der Waals surface area contributed by atoms with Gasteiger partial charge in [0.2, 0.25) is 5.95 Å². The Hall–Kier alpha value is -4.25. The van der Waals surface area contributed by atoms with E-state index in [0.717, 1.165) is 14.4 Å². The highest BCUT2D eigenvalue weighted by molar-refractivity contribution is 7.39. The molecule has 4 aromatic heterocycles. The van der Waals surface area contributed by atoms with Gasteiger partial charge in [0.25, 0.3) is 11.5 Å². The predicted octanol–water partition coefficient (Wildman–Crippen LogP) is 1.60. The van der Waals surface area contributed by atoms with E-state index < -0.39 is 50.7 Å². The number of imidazole rings is 1. The average molecular weight is 638 g/mol. The molecule has 1 saturated heterocycles. The molecular formula is C25H27F3N9O6P. The molecule has 1 amide bonds. The maximum Gasteiger partial charge on any atom is 0.408 e. The molecule has 2 N–H and O–H groups in total. The van der Waals surface area contributed by atoms with Crippen molar-refractivity contribution in [2.24, 2.45) is 14.1 Å². The predicted molar refractivity (Wildman–Crippen MR) is 151 cm³/mol. The van der Waals surface area contributed by atoms with Gasteiger partial charge in [0.05, 0.1) is 12.0 Å². The summed E-state index contributed by atoms with van der Waals surface area (Å²) in [5, 5.41) is 0. The number of halogens is 3. The second kappa shape index (κ2) is 12.0. The van der Waals surface area contributed by atoms with Crippen LogP contribution in [0.4, 0.5) is 24.9 Å². The van der Waals surface area contributed by atoms with Gasteiger partial charge in [0, 0.05) is 38.6 Å². The molecule has 19 heteroatoms. The van der Waals surface area contributed by atoms with Crippen molar-refractivity contribution in [3.63, 3.8) is 0 Å². The Morgan fingerprint density at radius 1 is 1.16 bits per heavy atom. The van der Waals surface area contributed by atoms with Gasteiger partial charge < -0.3 is 19.3 Å². The van der Waals surface area contributed by atoms with Crippen molar-refractivity contribution in [3.05, 3.63) is 57.8 Å². The highest BCUT2D eigenvalue weighted by Gasteiger charge is 2.46. The van der Waals surface area contributed by atoms with E-state index >= 15 is 0 Å². The molecule has 1 fully saturated rings. The van der Waals surface area contributed by atoms with E-state index in [1.165, 1.54) is 54.9 Å². The molecule has 0 bridgehead atoms. The highest BCUT2D eigenvalue weighted by Crippen LogP contribution is 2.35. The molecule has 44 heavy (non-hydrogen) atoms. The molecule has 5 heterocycles. The third-order valence-corrected chi connectivity index (χ3v) is 7.70. The molecule has 1 aliphatic rings. The van der Waals surface area contributed by atoms with Crippen LogP contribution in [0.5, 0.6) is 0 Å². The monoisotopic (exact) mass is 637 g/mol. The number of rotatable bonds is 8. The zero-order valence-corrected chi connectivity index (χ0v) is 24.5. The number of carbonyl (C=O) groups excluding carboxylic acids is 1. The molecule has 0 aliphatic carbocycles. The fourth-order valence-electron chi connectivity index (χ4n) is 5.04. The molecule has 0 unspecified atom stereocenters. The Morgan fingerprint density at radius 3 is 2.52 bits per heavy atom. The van der Waals surface area contributed by atoms with Crippen LogP contribution >= 0.6 is 8.60 Å². The Labute approximate surface area is 247 Å². The lowest BCUT2D eigenvalue weighted by atomic mass is 10.2. The zero-order valence-electron chi connectivity index (χ0n) is 23.6. The third-order valence-electron chi connectivity index (χ3n) is 7.35. The zero-order chi connectivity index (χ0) is 31.9. The number of hydrogen-bond donors (Lipinski definition) is 2. The maximum absolute atomic E-state index is 13.8. The number of pyridine rings is 1. The SMILES string of the molecule is C[C@@H](C(=O)N(COP(O)O)c1cccc(-c2cnc(N3CCC[C@H]3C(F)(F)F)nc2)n1)n1cnc2c1c(=O)n(C)c(=O)n2C. The number of amides is 1. The van der Waals surface area contributed by atoms with Gasteiger partial charge in [-0.05, 0) is 31.9 Å². The number of aromatic nitrogens is 7. The molecule has 1 aliphatic heterocycles. The van der Waals surface area contributed by atoms with Crippen LogP contribution in [-0.2, 0) is 23.4 Å². The Morgan fingerprint density at radius 2 is 1.86 bits per heavy atom. The van der Waals surface area contributed by atoms with Gasteiger partial charge in [-0.25, -0.2) is 24.7 Å². The molecule has 2 atom stereocenters. The second-order valence-electron chi connectivity index (χ2n) is 10.0. The lowest BCUT2D eigenvalue weighted by molar-refractivity contribution is -0.146. The smallest absolute Gasteiger partial charge is 0.329 e. The van der Waals surface area contributed by atoms with Crippen molar-refractivity contribution in [2.75, 3.05) is 23.1 Å². The Kier molecular flexibility index (Phi) is 8.53. The summed E-state index contributed by atoms with van der Waals surface area (Å²) in [4.78, 5) is 76.8. The summed E-state index contributed by atoms with van der Waals surface area (Å²) in [7, 11) is -0.136. The minimum atomic E-state index is -4.42. The van der Waals surface area contributed by atoms with E-state index in [1.54, 1.807) is 12.1 Å². The van der Waals surface area contributed by atoms with E-state index in [9.17, 15) is 37.3 Å². The number of aryl methyl sites for hydroxylation is 1. The molecule has 15 nitrogen and oxygen atoms in total. The van der Waals surface area contributed by atoms with E-state index in [1.807, 2.05) is 0 Å². The number of carbonyl (C=O) groups is 1. The molecule has 0 radical (unpaired) electrons. The van der Waals surface area contributed by atoms with Crippen LogP contribution in [0.2, 0.25) is 0 Å². The summed E-state index contributed by atoms with van der Waals surface area (Å²) in [6.07, 6.45) is -0.222. The summed E-state index contributed by atoms with van der Waals surface area (Å²) in [6.45, 7) is 1.01. The number of anilines is 2. The van der Waals surface area contributed by atoms with Gasteiger partial charge in [-0.15, -0.1) is 0 Å². The van der Waals surface area contributed by atoms with Crippen LogP contribution in [0.1, 0.15) is 25.8 Å². The van der Waals surface area contributed by atoms with Crippen LogP contribution in [0.25, 0.3) is 22.4 Å². The minimum absolute atomic E-state index is 0.00685. The van der Waals surface area contributed by atoms with Crippen LogP contribution in [0, 0.1) is 0 Å². The first-order chi connectivity index (χ1) is 20.8. The molecule has 0 aromatic carbocycles. The fourth-order valence-corrected chi connectivity index (χ4v) is 5.26. The first-order valence-electron chi connectivity index (χ1n) is 13.2. The van der Waals surface area contributed by atoms with Crippen LogP contribution < -0.4 is 21.0 Å².